The van der Waals surface area contributed by atoms with Crippen LogP contribution in [-0.2, 0) is 0 Å². The third kappa shape index (κ3) is 5.79. The lowest BCUT2D eigenvalue weighted by Crippen LogP contribution is -2.09. The minimum atomic E-state index is 1.13. The average Bonchev–Trinajstić information content (AvgIpc) is 3.53. The molecule has 0 unspecified atom stereocenters. The van der Waals surface area contributed by atoms with Gasteiger partial charge in [0.05, 0.1) is 0 Å². The van der Waals surface area contributed by atoms with Crippen LogP contribution in [0.2, 0.25) is 0 Å². The second-order valence-corrected chi connectivity index (χ2v) is 13.8. The number of fused-ring (bicyclic) bond motifs is 6. The van der Waals surface area contributed by atoms with E-state index in [0.717, 1.165) is 17.1 Å². The van der Waals surface area contributed by atoms with E-state index in [1.165, 1.54) is 76.8 Å². The molecular weight excluding hydrogens is 639 g/mol. The Hall–Kier alpha value is -6.96. The molecule has 1 aliphatic rings. The summed E-state index contributed by atoms with van der Waals surface area (Å²) in [5.74, 6) is 0. The minimum Gasteiger partial charge on any atom is -0.310 e. The van der Waals surface area contributed by atoms with Gasteiger partial charge in [-0.25, -0.2) is 0 Å². The Labute approximate surface area is 310 Å². The predicted molar refractivity (Wildman–Crippen MR) is 228 cm³/mol. The van der Waals surface area contributed by atoms with Crippen LogP contribution in [0.4, 0.5) is 17.1 Å². The highest BCUT2D eigenvalue weighted by atomic mass is 15.1. The number of nitrogens with zero attached hydrogens (tertiary/aromatic N) is 1. The fourth-order valence-corrected chi connectivity index (χ4v) is 7.88. The first-order valence-corrected chi connectivity index (χ1v) is 18.2. The highest BCUT2D eigenvalue weighted by Crippen LogP contribution is 2.45. The fraction of sp³-hybridized carbons (Fsp3) is 0. The summed E-state index contributed by atoms with van der Waals surface area (Å²) in [5.41, 5.74) is 13.5. The maximum Gasteiger partial charge on any atom is 0.0468 e. The number of hydrogen-bond donors (Lipinski definition) is 0. The molecule has 0 aliphatic heterocycles. The maximum atomic E-state index is 2.34. The van der Waals surface area contributed by atoms with Gasteiger partial charge in [-0.3, -0.25) is 0 Å². The van der Waals surface area contributed by atoms with E-state index in [1.807, 2.05) is 0 Å². The molecule has 1 aliphatic carbocycles. The lowest BCUT2D eigenvalue weighted by molar-refractivity contribution is 1.29. The number of rotatable bonds is 6. The van der Waals surface area contributed by atoms with E-state index in [9.17, 15) is 0 Å². The van der Waals surface area contributed by atoms with Gasteiger partial charge in [-0.2, -0.15) is 0 Å². The molecule has 9 aromatic carbocycles. The van der Waals surface area contributed by atoms with Crippen molar-refractivity contribution in [3.8, 4) is 11.1 Å². The SMILES string of the molecule is C(=Cc1ccc2cc(N(c3ccccc3)c3ccc4ccccc4c3)ccc2c1)c1ccc2cc(C=C3c4ccccc4-c4ccccc43)ccc2c1. The summed E-state index contributed by atoms with van der Waals surface area (Å²) >= 11 is 0. The van der Waals surface area contributed by atoms with E-state index in [-0.39, 0.29) is 0 Å². The van der Waals surface area contributed by atoms with Gasteiger partial charge in [-0.1, -0.05) is 152 Å². The standard InChI is InChI=1S/C52H35N/c1-2-12-45(13-3-1)53(46-28-26-39-10-4-5-11-40(39)34-46)47-29-27-43-31-37(21-24-44(43)35-47)19-18-36-20-23-42-32-38(22-25-41(42)30-36)33-52-50-16-8-6-14-48(50)49-15-7-9-17-51(49)52/h1-35H. The summed E-state index contributed by atoms with van der Waals surface area (Å²) < 4.78 is 0. The number of hydrogen-bond acceptors (Lipinski definition) is 1. The molecule has 1 nitrogen and oxygen atoms in total. The van der Waals surface area contributed by atoms with Crippen molar-refractivity contribution >= 4 is 73.2 Å². The van der Waals surface area contributed by atoms with E-state index < -0.39 is 0 Å². The van der Waals surface area contributed by atoms with E-state index in [0.29, 0.717) is 0 Å². The Balaban J connectivity index is 0.919. The fourth-order valence-electron chi connectivity index (χ4n) is 7.88. The summed E-state index contributed by atoms with van der Waals surface area (Å²) in [4.78, 5) is 2.34. The highest BCUT2D eigenvalue weighted by Gasteiger charge is 2.22. The van der Waals surface area contributed by atoms with E-state index in [2.05, 4.69) is 217 Å². The van der Waals surface area contributed by atoms with Crippen LogP contribution < -0.4 is 4.90 Å². The normalized spacial score (nSPS) is 12.0. The molecule has 10 rings (SSSR count). The number of para-hydroxylation sites is 1. The Morgan fingerprint density at radius 3 is 1.30 bits per heavy atom. The zero-order chi connectivity index (χ0) is 35.1. The topological polar surface area (TPSA) is 3.24 Å². The van der Waals surface area contributed by atoms with Crippen LogP contribution in [0.3, 0.4) is 0 Å². The molecule has 0 heterocycles. The van der Waals surface area contributed by atoms with Gasteiger partial charge in [0, 0.05) is 17.1 Å². The lowest BCUT2D eigenvalue weighted by atomic mass is 9.98. The minimum absolute atomic E-state index is 1.13. The van der Waals surface area contributed by atoms with Crippen molar-refractivity contribution in [1.82, 2.24) is 0 Å². The molecule has 0 spiro atoms. The second kappa shape index (κ2) is 13.0. The van der Waals surface area contributed by atoms with Crippen LogP contribution in [0.25, 0.3) is 67.2 Å². The number of benzene rings is 9. The van der Waals surface area contributed by atoms with Gasteiger partial charge in [-0.15, -0.1) is 0 Å². The molecule has 0 bridgehead atoms. The van der Waals surface area contributed by atoms with Crippen LogP contribution in [-0.4, -0.2) is 0 Å². The molecule has 0 radical (unpaired) electrons. The summed E-state index contributed by atoms with van der Waals surface area (Å²) in [6.45, 7) is 0. The van der Waals surface area contributed by atoms with Crippen molar-refractivity contribution in [3.63, 3.8) is 0 Å². The molecule has 1 heteroatoms. The maximum absolute atomic E-state index is 2.34. The van der Waals surface area contributed by atoms with Crippen molar-refractivity contribution in [2.45, 2.75) is 0 Å². The van der Waals surface area contributed by atoms with Crippen molar-refractivity contribution in [1.29, 1.82) is 0 Å². The van der Waals surface area contributed by atoms with Crippen molar-refractivity contribution in [2.24, 2.45) is 0 Å². The van der Waals surface area contributed by atoms with Gasteiger partial charge in [0.25, 0.3) is 0 Å². The van der Waals surface area contributed by atoms with Crippen molar-refractivity contribution < 1.29 is 0 Å². The van der Waals surface area contributed by atoms with Gasteiger partial charge in [0.1, 0.15) is 0 Å². The molecule has 0 atom stereocenters. The Morgan fingerprint density at radius 2 is 0.698 bits per heavy atom. The van der Waals surface area contributed by atoms with Crippen LogP contribution in [0.15, 0.2) is 194 Å². The van der Waals surface area contributed by atoms with Crippen LogP contribution in [0.5, 0.6) is 0 Å². The average molecular weight is 674 g/mol. The third-order valence-corrected chi connectivity index (χ3v) is 10.5. The van der Waals surface area contributed by atoms with E-state index >= 15 is 0 Å². The zero-order valence-electron chi connectivity index (χ0n) is 29.2. The summed E-state index contributed by atoms with van der Waals surface area (Å²) in [6, 6.07) is 70.3. The van der Waals surface area contributed by atoms with Gasteiger partial charge < -0.3 is 4.90 Å². The van der Waals surface area contributed by atoms with Crippen LogP contribution >= 0.6 is 0 Å². The Kier molecular flexibility index (Phi) is 7.55. The van der Waals surface area contributed by atoms with Crippen LogP contribution in [0.1, 0.15) is 27.8 Å². The zero-order valence-corrected chi connectivity index (χ0v) is 29.2. The molecule has 53 heavy (non-hydrogen) atoms. The smallest absolute Gasteiger partial charge is 0.0468 e. The molecule has 0 aromatic heterocycles. The van der Waals surface area contributed by atoms with Crippen molar-refractivity contribution in [3.05, 3.63) is 222 Å². The quantitative estimate of drug-likeness (QED) is 0.159. The lowest BCUT2D eigenvalue weighted by Gasteiger charge is -2.26. The van der Waals surface area contributed by atoms with Gasteiger partial charge in [0.15, 0.2) is 0 Å². The Morgan fingerprint density at radius 1 is 0.283 bits per heavy atom. The Bertz CT molecular complexity index is 2850. The molecule has 0 saturated heterocycles. The first-order valence-electron chi connectivity index (χ1n) is 18.2. The van der Waals surface area contributed by atoms with Gasteiger partial charge in [0.2, 0.25) is 0 Å². The largest absolute Gasteiger partial charge is 0.310 e. The van der Waals surface area contributed by atoms with E-state index in [1.54, 1.807) is 0 Å². The molecule has 248 valence electrons. The van der Waals surface area contributed by atoms with Gasteiger partial charge in [-0.05, 0) is 138 Å². The molecule has 0 amide bonds. The second-order valence-electron chi connectivity index (χ2n) is 13.8. The predicted octanol–water partition coefficient (Wildman–Crippen LogP) is 14.4. The van der Waals surface area contributed by atoms with E-state index in [4.69, 9.17) is 0 Å². The molecule has 0 fully saturated rings. The summed E-state index contributed by atoms with van der Waals surface area (Å²) in [6.07, 6.45) is 6.77. The molecule has 0 saturated carbocycles. The van der Waals surface area contributed by atoms with Crippen LogP contribution in [0, 0.1) is 0 Å². The molecule has 0 N–H and O–H groups in total. The first-order chi connectivity index (χ1) is 26.2. The molecular formula is C52H35N. The monoisotopic (exact) mass is 673 g/mol. The first kappa shape index (κ1) is 30.8. The molecule has 9 aromatic rings. The van der Waals surface area contributed by atoms with Gasteiger partial charge >= 0.3 is 0 Å². The summed E-state index contributed by atoms with van der Waals surface area (Å²) in [5, 5.41) is 7.38. The number of anilines is 3. The summed E-state index contributed by atoms with van der Waals surface area (Å²) in [7, 11) is 0. The highest BCUT2D eigenvalue weighted by molar-refractivity contribution is 6.07. The van der Waals surface area contributed by atoms with Crippen molar-refractivity contribution in [2.75, 3.05) is 4.90 Å². The third-order valence-electron chi connectivity index (χ3n) is 10.5.